The van der Waals surface area contributed by atoms with Gasteiger partial charge in [0.2, 0.25) is 0 Å². The van der Waals surface area contributed by atoms with E-state index in [9.17, 15) is 13.2 Å². The molecule has 1 saturated heterocycles. The van der Waals surface area contributed by atoms with Crippen molar-refractivity contribution in [3.05, 3.63) is 0 Å². The lowest BCUT2D eigenvalue weighted by atomic mass is 10.0. The number of carbonyl (C=O) groups is 1. The fourth-order valence-corrected chi connectivity index (χ4v) is 2.88. The molecule has 0 spiro atoms. The number of aliphatic hydroxyl groups excluding tert-OH is 1. The third-order valence-corrected chi connectivity index (χ3v) is 3.66. The first-order valence-corrected chi connectivity index (χ1v) is 5.36. The molecule has 0 aromatic carbocycles. The molecule has 0 amide bonds. The van der Waals surface area contributed by atoms with Crippen molar-refractivity contribution < 1.29 is 23.4 Å². The highest BCUT2D eigenvalue weighted by molar-refractivity contribution is 7.91. The van der Waals surface area contributed by atoms with Crippen molar-refractivity contribution >= 4 is 15.8 Å². The van der Waals surface area contributed by atoms with Crippen LogP contribution in [0.5, 0.6) is 0 Å². The summed E-state index contributed by atoms with van der Waals surface area (Å²) >= 11 is 0. The predicted molar refractivity (Wildman–Crippen MR) is 40.4 cm³/mol. The van der Waals surface area contributed by atoms with Gasteiger partial charge in [0, 0.05) is 0 Å². The molecule has 0 unspecified atom stereocenters. The number of sulfone groups is 1. The van der Waals surface area contributed by atoms with Gasteiger partial charge in [0.15, 0.2) is 9.84 Å². The molecule has 2 N–H and O–H groups in total. The minimum Gasteiger partial charge on any atom is -0.481 e. The second-order valence-electron chi connectivity index (χ2n) is 2.92. The molecule has 0 radical (unpaired) electrons. The Hall–Kier alpha value is -0.620. The van der Waals surface area contributed by atoms with E-state index in [4.69, 9.17) is 10.2 Å². The van der Waals surface area contributed by atoms with E-state index >= 15 is 0 Å². The van der Waals surface area contributed by atoms with Crippen LogP contribution < -0.4 is 0 Å². The number of carboxylic acids is 1. The quantitative estimate of drug-likeness (QED) is 0.551. The van der Waals surface area contributed by atoms with Crippen molar-refractivity contribution in [3.63, 3.8) is 0 Å². The van der Waals surface area contributed by atoms with Gasteiger partial charge in [0.1, 0.15) is 0 Å². The number of rotatable bonds is 1. The highest BCUT2D eigenvalue weighted by Gasteiger charge is 2.36. The van der Waals surface area contributed by atoms with Crippen LogP contribution in [0.2, 0.25) is 0 Å². The first-order valence-electron chi connectivity index (χ1n) is 3.54. The minimum absolute atomic E-state index is 0.0271. The molecule has 12 heavy (non-hydrogen) atoms. The Bertz CT molecular complexity index is 280. The lowest BCUT2D eigenvalue weighted by Crippen LogP contribution is -2.40. The van der Waals surface area contributed by atoms with Crippen molar-refractivity contribution in [1.82, 2.24) is 0 Å². The Morgan fingerprint density at radius 3 is 2.42 bits per heavy atom. The lowest BCUT2D eigenvalue weighted by Gasteiger charge is -2.23. The number of hydrogen-bond acceptors (Lipinski definition) is 4. The topological polar surface area (TPSA) is 91.7 Å². The molecule has 1 fully saturated rings. The van der Waals surface area contributed by atoms with Crippen LogP contribution in [-0.4, -0.2) is 42.2 Å². The summed E-state index contributed by atoms with van der Waals surface area (Å²) < 4.78 is 21.9. The fourth-order valence-electron chi connectivity index (χ4n) is 1.21. The van der Waals surface area contributed by atoms with E-state index in [1.165, 1.54) is 0 Å². The van der Waals surface area contributed by atoms with E-state index in [1.807, 2.05) is 0 Å². The van der Waals surface area contributed by atoms with Crippen molar-refractivity contribution in [2.45, 2.75) is 12.5 Å². The molecule has 0 aliphatic carbocycles. The van der Waals surface area contributed by atoms with Gasteiger partial charge in [0.25, 0.3) is 0 Å². The van der Waals surface area contributed by atoms with E-state index in [0.717, 1.165) is 0 Å². The number of hydrogen-bond donors (Lipinski definition) is 2. The summed E-state index contributed by atoms with van der Waals surface area (Å²) in [4.78, 5) is 10.4. The zero-order valence-corrected chi connectivity index (χ0v) is 7.12. The van der Waals surface area contributed by atoms with Crippen LogP contribution in [0.3, 0.4) is 0 Å². The molecule has 0 aromatic heterocycles. The lowest BCUT2D eigenvalue weighted by molar-refractivity contribution is -0.144. The Kier molecular flexibility index (Phi) is 2.39. The van der Waals surface area contributed by atoms with E-state index in [-0.39, 0.29) is 12.2 Å². The highest BCUT2D eigenvalue weighted by atomic mass is 32.2. The van der Waals surface area contributed by atoms with Crippen LogP contribution in [0.15, 0.2) is 0 Å². The number of carboxylic acid groups (broad SMARTS) is 1. The summed E-state index contributed by atoms with van der Waals surface area (Å²) in [5.74, 6) is -2.95. The van der Waals surface area contributed by atoms with Crippen LogP contribution in [0.25, 0.3) is 0 Å². The summed E-state index contributed by atoms with van der Waals surface area (Å²) in [6.45, 7) is 0. The zero-order chi connectivity index (χ0) is 9.35. The largest absolute Gasteiger partial charge is 0.481 e. The van der Waals surface area contributed by atoms with Crippen LogP contribution in [0.4, 0.5) is 0 Å². The van der Waals surface area contributed by atoms with Crippen LogP contribution >= 0.6 is 0 Å². The van der Waals surface area contributed by atoms with Gasteiger partial charge >= 0.3 is 5.97 Å². The Labute approximate surface area is 69.9 Å². The maximum absolute atomic E-state index is 10.9. The zero-order valence-electron chi connectivity index (χ0n) is 6.30. The molecule has 1 aliphatic heterocycles. The molecule has 0 aromatic rings. The Morgan fingerprint density at radius 2 is 2.00 bits per heavy atom. The molecule has 1 aliphatic rings. The third-order valence-electron chi connectivity index (χ3n) is 1.94. The molecule has 70 valence electrons. The van der Waals surface area contributed by atoms with Crippen LogP contribution in [0.1, 0.15) is 6.42 Å². The molecule has 1 heterocycles. The molecule has 1 rings (SSSR count). The smallest absolute Gasteiger partial charge is 0.310 e. The number of aliphatic hydroxyl groups is 1. The van der Waals surface area contributed by atoms with Gasteiger partial charge in [-0.1, -0.05) is 0 Å². The first-order chi connectivity index (χ1) is 5.42. The molecular formula is C6H10O5S. The Balaban J connectivity index is 2.79. The SMILES string of the molecule is O=C(O)[C@H]1CS(=O)(=O)CC[C@H]1O. The molecule has 6 heteroatoms. The van der Waals surface area contributed by atoms with Crippen LogP contribution in [-0.2, 0) is 14.6 Å². The standard InChI is InChI=1S/C6H10O5S/c7-5-1-2-12(10,11)3-4(5)6(8)9/h4-5,7H,1-3H2,(H,8,9)/t4-,5+/m0/s1. The maximum Gasteiger partial charge on any atom is 0.310 e. The van der Waals surface area contributed by atoms with Gasteiger partial charge in [-0.05, 0) is 6.42 Å². The summed E-state index contributed by atoms with van der Waals surface area (Å²) in [5, 5.41) is 17.6. The second-order valence-corrected chi connectivity index (χ2v) is 5.14. The molecule has 0 saturated carbocycles. The van der Waals surface area contributed by atoms with Crippen LogP contribution in [0, 0.1) is 5.92 Å². The summed E-state index contributed by atoms with van der Waals surface area (Å²) in [5.41, 5.74) is 0. The second kappa shape index (κ2) is 3.02. The van der Waals surface area contributed by atoms with Crippen molar-refractivity contribution in [2.24, 2.45) is 5.92 Å². The summed E-state index contributed by atoms with van der Waals surface area (Å²) in [6.07, 6.45) is -0.995. The van der Waals surface area contributed by atoms with Gasteiger partial charge < -0.3 is 10.2 Å². The first kappa shape index (κ1) is 9.47. The summed E-state index contributed by atoms with van der Waals surface area (Å²) in [6, 6.07) is 0. The monoisotopic (exact) mass is 194 g/mol. The minimum atomic E-state index is -3.25. The van der Waals surface area contributed by atoms with Crippen molar-refractivity contribution in [2.75, 3.05) is 11.5 Å². The van der Waals surface area contributed by atoms with E-state index in [1.54, 1.807) is 0 Å². The van der Waals surface area contributed by atoms with Gasteiger partial charge in [0.05, 0.1) is 23.5 Å². The third kappa shape index (κ3) is 1.95. The molecule has 0 bridgehead atoms. The normalized spacial score (nSPS) is 34.4. The van der Waals surface area contributed by atoms with Gasteiger partial charge in [-0.3, -0.25) is 4.79 Å². The van der Waals surface area contributed by atoms with E-state index in [0.29, 0.717) is 0 Å². The predicted octanol–water partition coefficient (Wildman–Crippen LogP) is -1.13. The maximum atomic E-state index is 10.9. The van der Waals surface area contributed by atoms with E-state index < -0.39 is 33.6 Å². The molecule has 5 nitrogen and oxygen atoms in total. The van der Waals surface area contributed by atoms with Crippen molar-refractivity contribution in [3.8, 4) is 0 Å². The van der Waals surface area contributed by atoms with Crippen molar-refractivity contribution in [1.29, 1.82) is 0 Å². The van der Waals surface area contributed by atoms with Gasteiger partial charge in [-0.2, -0.15) is 0 Å². The van der Waals surface area contributed by atoms with E-state index in [2.05, 4.69) is 0 Å². The summed E-state index contributed by atoms with van der Waals surface area (Å²) in [7, 11) is -3.25. The fraction of sp³-hybridized carbons (Fsp3) is 0.833. The average Bonchev–Trinajstić information content (AvgIpc) is 1.94. The Morgan fingerprint density at radius 1 is 1.42 bits per heavy atom. The van der Waals surface area contributed by atoms with Gasteiger partial charge in [-0.25, -0.2) is 8.42 Å². The number of aliphatic carboxylic acids is 1. The average molecular weight is 194 g/mol. The highest BCUT2D eigenvalue weighted by Crippen LogP contribution is 2.18. The molecule has 2 atom stereocenters. The van der Waals surface area contributed by atoms with Gasteiger partial charge in [-0.15, -0.1) is 0 Å². The molecular weight excluding hydrogens is 184 g/mol.